The van der Waals surface area contributed by atoms with Crippen molar-refractivity contribution in [1.29, 1.82) is 0 Å². The third-order valence-electron chi connectivity index (χ3n) is 15.5. The average molecular weight is 1120 g/mol. The van der Waals surface area contributed by atoms with Crippen molar-refractivity contribution in [3.8, 4) is 0 Å². The number of esters is 1. The standard InChI is InChI=1S/C58H97N5O16/c1-38-20-16-14-12-10-8-6-7-9-11-13-15-17-21-45(78-57-55(73)52(54(72)41(4)77-57)62(26-18-24-59)27-19-25-60)35-49-51(56(74)63-30-28-61(5)29-31-63)48(69)37-58(75,79-49)36-44(66)33-47(68)46(67)23-22-42(64)32-43(65)34-50(70)76-40(3)39(2)53(38)71/h6-17,20-21,38-49,51-55,57,64-69,71-73,75H,18-19,22-37,59-60H2,1-5H3/b7-6+,10-8+,11-9+,14-12+,15-13+,20-16+,21-17+/t38-,39-,40-,41+,42+,43+,44-,45-,46+,47+,48-,49?,51+,52-,53+,54+,55-,57-,58+/m0/s1. The molecule has 0 aliphatic carbocycles. The van der Waals surface area contributed by atoms with E-state index < -0.39 is 147 Å². The van der Waals surface area contributed by atoms with Crippen LogP contribution in [0.1, 0.15) is 91.9 Å². The minimum absolute atomic E-state index is 0.0916. The van der Waals surface area contributed by atoms with E-state index in [-0.39, 0.29) is 31.6 Å². The summed E-state index contributed by atoms with van der Waals surface area (Å²) in [6, 6.07) is -0.840. The average Bonchev–Trinajstić information content (AvgIpc) is 3.39. The van der Waals surface area contributed by atoms with Gasteiger partial charge in [-0.1, -0.05) is 98.9 Å². The Kier molecular flexibility index (Phi) is 29.9. The quantitative estimate of drug-likeness (QED) is 0.132. The number of allylic oxidation sites excluding steroid dienone is 12. The van der Waals surface area contributed by atoms with Crippen LogP contribution >= 0.6 is 0 Å². The lowest BCUT2D eigenvalue weighted by Gasteiger charge is -2.48. The number of aliphatic hydroxyl groups is 10. The molecule has 4 aliphatic heterocycles. The summed E-state index contributed by atoms with van der Waals surface area (Å²) in [5.74, 6) is -5.36. The highest BCUT2D eigenvalue weighted by Gasteiger charge is 2.52. The van der Waals surface area contributed by atoms with E-state index in [0.29, 0.717) is 65.2 Å². The lowest BCUT2D eigenvalue weighted by Crippen LogP contribution is -2.64. The van der Waals surface area contributed by atoms with E-state index in [1.165, 1.54) is 0 Å². The first-order valence-corrected chi connectivity index (χ1v) is 28.4. The van der Waals surface area contributed by atoms with Gasteiger partial charge in [-0.2, -0.15) is 0 Å². The molecule has 14 N–H and O–H groups in total. The number of hydrogen-bond acceptors (Lipinski definition) is 20. The normalized spacial score (nSPS) is 41.1. The van der Waals surface area contributed by atoms with Crippen molar-refractivity contribution >= 4 is 11.9 Å². The third kappa shape index (κ3) is 22.6. The predicted octanol–water partition coefficient (Wildman–Crippen LogP) is 0.442. The molecule has 21 heteroatoms. The maximum absolute atomic E-state index is 14.5. The maximum Gasteiger partial charge on any atom is 0.308 e. The number of cyclic esters (lactones) is 1. The molecule has 19 atom stereocenters. The molecule has 0 saturated carbocycles. The van der Waals surface area contributed by atoms with Crippen LogP contribution in [0.15, 0.2) is 85.1 Å². The number of amides is 1. The summed E-state index contributed by atoms with van der Waals surface area (Å²) in [6.07, 6.45) is 6.68. The molecule has 79 heavy (non-hydrogen) atoms. The molecule has 4 heterocycles. The minimum Gasteiger partial charge on any atom is -0.462 e. The Morgan fingerprint density at radius 3 is 1.82 bits per heavy atom. The monoisotopic (exact) mass is 1120 g/mol. The van der Waals surface area contributed by atoms with E-state index in [1.54, 1.807) is 56.1 Å². The van der Waals surface area contributed by atoms with Gasteiger partial charge in [0.2, 0.25) is 5.91 Å². The van der Waals surface area contributed by atoms with Crippen LogP contribution < -0.4 is 11.5 Å². The molecule has 4 rings (SSSR count). The van der Waals surface area contributed by atoms with Crippen molar-refractivity contribution in [2.75, 3.05) is 59.4 Å². The lowest BCUT2D eigenvalue weighted by molar-refractivity contribution is -0.311. The van der Waals surface area contributed by atoms with Gasteiger partial charge < -0.3 is 91.3 Å². The molecule has 3 fully saturated rings. The van der Waals surface area contributed by atoms with Crippen LogP contribution in [0.4, 0.5) is 0 Å². The SMILES string of the molecule is C[C@@H]1[C@H](O)[C@@H](C)/C=C/C=C/C=C/C=C/C=C/C=C/C=C/[C@H](O[C@@H]2O[C@H](C)[C@@H](O)[C@H](N(CCCN)CCCN)[C@@H]2O)CC2O[C@](O)(C[C@@H](O)C[C@@H](O)[C@H](O)CC[C@@H](O)C[C@@H](O)CC(=O)O[C@H]1C)C[C@H](O)[C@H]2C(=O)N1CCN(C)CC1. The van der Waals surface area contributed by atoms with Crippen LogP contribution in [0.3, 0.4) is 0 Å². The largest absolute Gasteiger partial charge is 0.462 e. The molecular formula is C58H97N5O16. The van der Waals surface area contributed by atoms with Gasteiger partial charge in [-0.15, -0.1) is 0 Å². The fraction of sp³-hybridized carbons (Fsp3) is 0.724. The van der Waals surface area contributed by atoms with E-state index >= 15 is 0 Å². The fourth-order valence-electron chi connectivity index (χ4n) is 10.6. The van der Waals surface area contributed by atoms with E-state index in [1.807, 2.05) is 73.6 Å². The van der Waals surface area contributed by atoms with Crippen LogP contribution in [0.25, 0.3) is 0 Å². The molecule has 0 aromatic carbocycles. The van der Waals surface area contributed by atoms with Crippen molar-refractivity contribution in [2.24, 2.45) is 29.2 Å². The Morgan fingerprint density at radius 1 is 0.671 bits per heavy atom. The van der Waals surface area contributed by atoms with Crippen molar-refractivity contribution in [1.82, 2.24) is 14.7 Å². The first kappa shape index (κ1) is 67.9. The summed E-state index contributed by atoms with van der Waals surface area (Å²) in [4.78, 5) is 32.9. The fourth-order valence-corrected chi connectivity index (χ4v) is 10.6. The Balaban J connectivity index is 1.68. The first-order valence-electron chi connectivity index (χ1n) is 28.4. The second-order valence-electron chi connectivity index (χ2n) is 22.1. The zero-order valence-corrected chi connectivity index (χ0v) is 47.1. The molecule has 1 amide bonds. The Hall–Kier alpha value is -3.56. The predicted molar refractivity (Wildman–Crippen MR) is 298 cm³/mol. The molecule has 1 unspecified atom stereocenters. The number of rotatable bonds is 10. The second kappa shape index (κ2) is 34.8. The van der Waals surface area contributed by atoms with Crippen molar-refractivity contribution < 1.29 is 79.6 Å². The molecule has 0 spiro atoms. The van der Waals surface area contributed by atoms with Crippen molar-refractivity contribution in [3.63, 3.8) is 0 Å². The van der Waals surface area contributed by atoms with Crippen LogP contribution in [-0.4, -0.2) is 235 Å². The number of ether oxygens (including phenoxy) is 4. The summed E-state index contributed by atoms with van der Waals surface area (Å²) in [5, 5.41) is 113. The van der Waals surface area contributed by atoms with Crippen LogP contribution in [0, 0.1) is 17.8 Å². The van der Waals surface area contributed by atoms with Gasteiger partial charge in [-0.25, -0.2) is 0 Å². The van der Waals surface area contributed by atoms with E-state index in [4.69, 9.17) is 30.4 Å². The number of nitrogens with zero attached hydrogens (tertiary/aromatic N) is 3. The Morgan fingerprint density at radius 2 is 1.24 bits per heavy atom. The Bertz CT molecular complexity index is 1990. The zero-order chi connectivity index (χ0) is 58.2. The van der Waals surface area contributed by atoms with Crippen molar-refractivity contribution in [2.45, 2.75) is 189 Å². The van der Waals surface area contributed by atoms with Gasteiger partial charge in [0.25, 0.3) is 0 Å². The molecule has 450 valence electrons. The van der Waals surface area contributed by atoms with Crippen LogP contribution in [-0.2, 0) is 28.5 Å². The molecule has 21 nitrogen and oxygen atoms in total. The molecule has 0 aromatic rings. The van der Waals surface area contributed by atoms with Gasteiger partial charge in [0.15, 0.2) is 12.1 Å². The van der Waals surface area contributed by atoms with Gasteiger partial charge >= 0.3 is 5.97 Å². The summed E-state index contributed by atoms with van der Waals surface area (Å²) < 4.78 is 24.7. The second-order valence-corrected chi connectivity index (χ2v) is 22.1. The summed E-state index contributed by atoms with van der Waals surface area (Å²) in [6.45, 7) is 10.5. The molecule has 3 saturated heterocycles. The van der Waals surface area contributed by atoms with Gasteiger partial charge in [0.05, 0.1) is 85.5 Å². The summed E-state index contributed by atoms with van der Waals surface area (Å²) >= 11 is 0. The summed E-state index contributed by atoms with van der Waals surface area (Å²) in [5.41, 5.74) is 11.8. The van der Waals surface area contributed by atoms with Crippen LogP contribution in [0.2, 0.25) is 0 Å². The van der Waals surface area contributed by atoms with E-state index in [2.05, 4.69) is 4.90 Å². The number of likely N-dealkylation sites (N-methyl/N-ethyl adjacent to an activating group) is 1. The number of hydrogen-bond donors (Lipinski definition) is 12. The molecule has 0 radical (unpaired) electrons. The Labute approximate surface area is 467 Å². The highest BCUT2D eigenvalue weighted by Crippen LogP contribution is 2.39. The highest BCUT2D eigenvalue weighted by molar-refractivity contribution is 5.80. The summed E-state index contributed by atoms with van der Waals surface area (Å²) in [7, 11) is 1.94. The number of carbonyl (C=O) groups excluding carboxylic acids is 2. The van der Waals surface area contributed by atoms with Gasteiger partial charge in [0, 0.05) is 63.7 Å². The topological polar surface area (TPSA) is 335 Å². The maximum atomic E-state index is 14.5. The number of aliphatic hydroxyl groups excluding tert-OH is 9. The van der Waals surface area contributed by atoms with Crippen molar-refractivity contribution in [3.05, 3.63) is 85.1 Å². The lowest BCUT2D eigenvalue weighted by atomic mass is 9.81. The van der Waals surface area contributed by atoms with E-state index in [9.17, 15) is 60.7 Å². The zero-order valence-electron chi connectivity index (χ0n) is 47.1. The third-order valence-corrected chi connectivity index (χ3v) is 15.5. The van der Waals surface area contributed by atoms with Gasteiger partial charge in [-0.3, -0.25) is 14.5 Å². The van der Waals surface area contributed by atoms with Crippen LogP contribution in [0.5, 0.6) is 0 Å². The molecule has 2 bridgehead atoms. The smallest absolute Gasteiger partial charge is 0.308 e. The highest BCUT2D eigenvalue weighted by atomic mass is 16.7. The van der Waals surface area contributed by atoms with Gasteiger partial charge in [0.1, 0.15) is 12.2 Å². The van der Waals surface area contributed by atoms with Gasteiger partial charge in [-0.05, 0) is 79.2 Å². The number of piperazine rings is 1. The number of carbonyl (C=O) groups is 2. The minimum atomic E-state index is -2.27. The first-order chi connectivity index (χ1) is 37.6. The number of nitrogens with two attached hydrogens (primary N) is 2. The molecule has 4 aliphatic rings. The molecular weight excluding hydrogens is 1020 g/mol. The molecule has 0 aromatic heterocycles. The number of fused-ring (bicyclic) bond motifs is 2. The van der Waals surface area contributed by atoms with E-state index in [0.717, 1.165) is 0 Å².